The molecule has 31 heavy (non-hydrogen) atoms. The smallest absolute Gasteiger partial charge is 0.247 e. The number of aromatic nitrogens is 2. The fourth-order valence-corrected chi connectivity index (χ4v) is 5.00. The first-order valence-electron chi connectivity index (χ1n) is 14.3. The average Bonchev–Trinajstić information content (AvgIpc) is 3.27. The van der Waals surface area contributed by atoms with Gasteiger partial charge in [0.05, 0.1) is 12.0 Å². The van der Waals surface area contributed by atoms with Crippen LogP contribution in [0.1, 0.15) is 174 Å². The van der Waals surface area contributed by atoms with Crippen LogP contribution in [0.4, 0.5) is 0 Å². The molecule has 1 N–H and O–H groups in total. The van der Waals surface area contributed by atoms with Crippen LogP contribution in [0.5, 0.6) is 0 Å². The summed E-state index contributed by atoms with van der Waals surface area (Å²) < 4.78 is 2.58. The maximum absolute atomic E-state index is 3.67. The Balaban J connectivity index is 2.50. The highest BCUT2D eigenvalue weighted by atomic mass is 15.1. The van der Waals surface area contributed by atoms with Gasteiger partial charge in [-0.15, -0.1) is 0 Å². The molecule has 0 amide bonds. The van der Waals surface area contributed by atoms with Gasteiger partial charge in [-0.05, 0) is 32.6 Å². The summed E-state index contributed by atoms with van der Waals surface area (Å²) in [6, 6.07) is 0.622. The van der Waals surface area contributed by atoms with Gasteiger partial charge in [-0.25, -0.2) is 9.55 Å². The largest absolute Gasteiger partial charge is 0.257 e. The van der Waals surface area contributed by atoms with Crippen molar-refractivity contribution in [1.82, 2.24) is 4.98 Å². The van der Waals surface area contributed by atoms with Crippen LogP contribution in [-0.4, -0.2) is 4.98 Å². The SMILES string of the molecule is CCCCCCCCCCC(CCCCCCCCC)c1[nH]cc[n+]1C(C)CCCC. The molecule has 0 saturated heterocycles. The molecule has 182 valence electrons. The number of hydrogen-bond acceptors (Lipinski definition) is 0. The lowest BCUT2D eigenvalue weighted by molar-refractivity contribution is -0.727. The van der Waals surface area contributed by atoms with E-state index < -0.39 is 0 Å². The highest BCUT2D eigenvalue weighted by molar-refractivity contribution is 4.90. The summed E-state index contributed by atoms with van der Waals surface area (Å²) >= 11 is 0. The Bertz CT molecular complexity index is 493. The molecule has 0 aliphatic heterocycles. The molecule has 2 atom stereocenters. The van der Waals surface area contributed by atoms with E-state index in [4.69, 9.17) is 0 Å². The Kier molecular flexibility index (Phi) is 18.1. The topological polar surface area (TPSA) is 19.7 Å². The van der Waals surface area contributed by atoms with E-state index >= 15 is 0 Å². The van der Waals surface area contributed by atoms with Crippen molar-refractivity contribution in [2.75, 3.05) is 0 Å². The number of aromatic amines is 1. The minimum absolute atomic E-state index is 0.622. The highest BCUT2D eigenvalue weighted by Crippen LogP contribution is 2.27. The molecule has 2 heteroatoms. The minimum Gasteiger partial charge on any atom is -0.247 e. The fourth-order valence-electron chi connectivity index (χ4n) is 5.00. The van der Waals surface area contributed by atoms with E-state index in [0.29, 0.717) is 6.04 Å². The van der Waals surface area contributed by atoms with Crippen molar-refractivity contribution in [3.05, 3.63) is 18.2 Å². The second-order valence-corrected chi connectivity index (χ2v) is 10.1. The number of rotatable bonds is 22. The molecule has 1 heterocycles. The predicted molar refractivity (Wildman–Crippen MR) is 138 cm³/mol. The van der Waals surface area contributed by atoms with Crippen molar-refractivity contribution in [3.63, 3.8) is 0 Å². The monoisotopic (exact) mass is 433 g/mol. The van der Waals surface area contributed by atoms with Crippen molar-refractivity contribution >= 4 is 0 Å². The Labute approximate surface area is 196 Å². The molecular weight excluding hydrogens is 376 g/mol. The lowest BCUT2D eigenvalue weighted by Crippen LogP contribution is -2.41. The zero-order valence-corrected chi connectivity index (χ0v) is 21.9. The first kappa shape index (κ1) is 28.2. The van der Waals surface area contributed by atoms with Gasteiger partial charge in [0, 0.05) is 0 Å². The van der Waals surface area contributed by atoms with Crippen LogP contribution >= 0.6 is 0 Å². The van der Waals surface area contributed by atoms with Crippen molar-refractivity contribution in [2.45, 2.75) is 168 Å². The van der Waals surface area contributed by atoms with Gasteiger partial charge in [0.15, 0.2) is 0 Å². The standard InChI is InChI=1S/C29H56N2/c1-5-8-11-13-15-17-19-21-24-28(23-20-18-16-14-12-9-6-2)29-30-25-26-31(29)27(4)22-10-7-3/h25-28H,5-24H2,1-4H3/p+1. The number of H-pyrrole nitrogens is 1. The van der Waals surface area contributed by atoms with Gasteiger partial charge in [0.2, 0.25) is 0 Å². The van der Waals surface area contributed by atoms with Crippen molar-refractivity contribution in [1.29, 1.82) is 0 Å². The third kappa shape index (κ3) is 13.4. The average molecular weight is 434 g/mol. The summed E-state index contributed by atoms with van der Waals surface area (Å²) in [5, 5.41) is 0. The maximum Gasteiger partial charge on any atom is 0.257 e. The van der Waals surface area contributed by atoms with Gasteiger partial charge in [-0.3, -0.25) is 0 Å². The van der Waals surface area contributed by atoms with E-state index in [9.17, 15) is 0 Å². The van der Waals surface area contributed by atoms with Crippen LogP contribution in [0.3, 0.4) is 0 Å². The first-order chi connectivity index (χ1) is 15.2. The van der Waals surface area contributed by atoms with Gasteiger partial charge in [0.1, 0.15) is 12.4 Å². The molecular formula is C29H57N2+. The van der Waals surface area contributed by atoms with Crippen molar-refractivity contribution in [3.8, 4) is 0 Å². The third-order valence-electron chi connectivity index (χ3n) is 7.14. The molecule has 0 radical (unpaired) electrons. The number of unbranched alkanes of at least 4 members (excludes halogenated alkanes) is 14. The normalized spacial score (nSPS) is 13.5. The molecule has 1 rings (SSSR count). The van der Waals surface area contributed by atoms with E-state index in [0.717, 1.165) is 5.92 Å². The molecule has 1 aromatic heterocycles. The molecule has 0 aliphatic carbocycles. The van der Waals surface area contributed by atoms with Crippen LogP contribution in [0.2, 0.25) is 0 Å². The minimum atomic E-state index is 0.622. The van der Waals surface area contributed by atoms with Gasteiger partial charge < -0.3 is 0 Å². The molecule has 0 aliphatic rings. The van der Waals surface area contributed by atoms with Crippen molar-refractivity contribution in [2.24, 2.45) is 0 Å². The Morgan fingerprint density at radius 3 is 1.55 bits per heavy atom. The van der Waals surface area contributed by atoms with E-state index in [-0.39, 0.29) is 0 Å². The summed E-state index contributed by atoms with van der Waals surface area (Å²) in [4.78, 5) is 3.67. The Morgan fingerprint density at radius 1 is 0.613 bits per heavy atom. The third-order valence-corrected chi connectivity index (χ3v) is 7.14. The van der Waals surface area contributed by atoms with Crippen LogP contribution in [-0.2, 0) is 0 Å². The summed E-state index contributed by atoms with van der Waals surface area (Å²) in [6.45, 7) is 9.33. The summed E-state index contributed by atoms with van der Waals surface area (Å²) in [5.41, 5.74) is 0. The Hall–Kier alpha value is -0.790. The molecule has 2 unspecified atom stereocenters. The fraction of sp³-hybridized carbons (Fsp3) is 0.897. The number of nitrogens with zero attached hydrogens (tertiary/aromatic N) is 1. The van der Waals surface area contributed by atoms with Crippen LogP contribution in [0.15, 0.2) is 12.4 Å². The zero-order chi connectivity index (χ0) is 22.6. The second kappa shape index (κ2) is 19.9. The molecule has 2 nitrogen and oxygen atoms in total. The van der Waals surface area contributed by atoms with E-state index in [1.165, 1.54) is 134 Å². The molecule has 0 saturated carbocycles. The van der Waals surface area contributed by atoms with E-state index in [2.05, 4.69) is 49.6 Å². The maximum atomic E-state index is 3.67. The Morgan fingerprint density at radius 2 is 1.06 bits per heavy atom. The van der Waals surface area contributed by atoms with Gasteiger partial charge in [0.25, 0.3) is 5.82 Å². The number of hydrogen-bond donors (Lipinski definition) is 1. The van der Waals surface area contributed by atoms with Crippen molar-refractivity contribution < 1.29 is 4.57 Å². The summed E-state index contributed by atoms with van der Waals surface area (Å²) in [7, 11) is 0. The molecule has 1 aromatic rings. The number of imidazole rings is 1. The quantitative estimate of drug-likeness (QED) is 0.139. The summed E-state index contributed by atoms with van der Waals surface area (Å²) in [5.74, 6) is 2.23. The molecule has 0 aromatic carbocycles. The van der Waals surface area contributed by atoms with Crippen LogP contribution < -0.4 is 4.57 Å². The molecule has 0 fully saturated rings. The molecule has 0 spiro atoms. The zero-order valence-electron chi connectivity index (χ0n) is 21.9. The second-order valence-electron chi connectivity index (χ2n) is 10.1. The lowest BCUT2D eigenvalue weighted by atomic mass is 9.93. The van der Waals surface area contributed by atoms with Crippen LogP contribution in [0, 0.1) is 0 Å². The van der Waals surface area contributed by atoms with Gasteiger partial charge in [-0.2, -0.15) is 0 Å². The first-order valence-corrected chi connectivity index (χ1v) is 14.3. The predicted octanol–water partition coefficient (Wildman–Crippen LogP) is 9.81. The lowest BCUT2D eigenvalue weighted by Gasteiger charge is -2.17. The molecule has 0 bridgehead atoms. The van der Waals surface area contributed by atoms with E-state index in [1.807, 2.05) is 0 Å². The van der Waals surface area contributed by atoms with E-state index in [1.54, 1.807) is 0 Å². The highest BCUT2D eigenvalue weighted by Gasteiger charge is 2.25. The van der Waals surface area contributed by atoms with Gasteiger partial charge in [-0.1, -0.05) is 124 Å². The summed E-state index contributed by atoms with van der Waals surface area (Å²) in [6.07, 6.45) is 32.4. The van der Waals surface area contributed by atoms with Gasteiger partial charge >= 0.3 is 0 Å². The van der Waals surface area contributed by atoms with Crippen LogP contribution in [0.25, 0.3) is 0 Å². The number of nitrogens with one attached hydrogen (secondary N) is 1.